The van der Waals surface area contributed by atoms with E-state index in [4.69, 9.17) is 5.11 Å². The number of aliphatic carboxylic acids is 1. The van der Waals surface area contributed by atoms with Gasteiger partial charge in [0.15, 0.2) is 5.78 Å². The molecule has 2 aromatic rings. The molecular weight excluding hydrogens is 372 g/mol. The highest BCUT2D eigenvalue weighted by molar-refractivity contribution is 5.98. The predicted molar refractivity (Wildman–Crippen MR) is 105 cm³/mol. The lowest BCUT2D eigenvalue weighted by Gasteiger charge is -2.36. The van der Waals surface area contributed by atoms with Crippen molar-refractivity contribution in [1.82, 2.24) is 10.2 Å². The summed E-state index contributed by atoms with van der Waals surface area (Å²) >= 11 is 0. The van der Waals surface area contributed by atoms with Gasteiger partial charge in [0.1, 0.15) is 12.6 Å². The number of benzene rings is 2. The molecule has 2 aromatic carbocycles. The maximum Gasteiger partial charge on any atom is 0.322 e. The normalized spacial score (nSPS) is 15.3. The number of carboxylic acids is 1. The third kappa shape index (κ3) is 5.07. The van der Waals surface area contributed by atoms with Gasteiger partial charge in [-0.2, -0.15) is 0 Å². The van der Waals surface area contributed by atoms with Crippen LogP contribution in [0.1, 0.15) is 34.3 Å². The Morgan fingerprint density at radius 3 is 2.28 bits per heavy atom. The number of hydrogen-bond acceptors (Lipinski definition) is 4. The molecule has 1 atom stereocenters. The van der Waals surface area contributed by atoms with E-state index >= 15 is 0 Å². The van der Waals surface area contributed by atoms with Gasteiger partial charge >= 0.3 is 5.97 Å². The van der Waals surface area contributed by atoms with Crippen molar-refractivity contribution in [2.75, 3.05) is 6.54 Å². The zero-order valence-electron chi connectivity index (χ0n) is 15.8. The lowest BCUT2D eigenvalue weighted by Crippen LogP contribution is -2.53. The predicted octanol–water partition coefficient (Wildman–Crippen LogP) is 1.80. The lowest BCUT2D eigenvalue weighted by molar-refractivity contribution is -0.143. The smallest absolute Gasteiger partial charge is 0.322 e. The number of nitrogens with one attached hydrogen (secondary N) is 1. The number of Topliss-reactive ketones (excluding diaryl/α,β-unsaturated/α-hetero) is 1. The SMILES string of the molecule is O=C(O)CNC(=O)C1Cc2ccccc2CN1C(=O)CCC(=O)c1ccccc1. The van der Waals surface area contributed by atoms with E-state index in [1.165, 1.54) is 4.90 Å². The van der Waals surface area contributed by atoms with E-state index in [9.17, 15) is 19.2 Å². The third-order valence-electron chi connectivity index (χ3n) is 4.95. The minimum absolute atomic E-state index is 0.0153. The topological polar surface area (TPSA) is 104 Å². The van der Waals surface area contributed by atoms with Crippen LogP contribution in [0.5, 0.6) is 0 Å². The molecule has 1 aliphatic rings. The molecule has 0 saturated heterocycles. The highest BCUT2D eigenvalue weighted by atomic mass is 16.4. The molecule has 0 bridgehead atoms. The summed E-state index contributed by atoms with van der Waals surface area (Å²) in [4.78, 5) is 50.0. The summed E-state index contributed by atoms with van der Waals surface area (Å²) in [7, 11) is 0. The molecule has 1 heterocycles. The van der Waals surface area contributed by atoms with Crippen molar-refractivity contribution < 1.29 is 24.3 Å². The van der Waals surface area contributed by atoms with Gasteiger partial charge in [-0.15, -0.1) is 0 Å². The molecule has 7 heteroatoms. The Balaban J connectivity index is 1.72. The average Bonchev–Trinajstić information content (AvgIpc) is 2.75. The van der Waals surface area contributed by atoms with Gasteiger partial charge < -0.3 is 15.3 Å². The Bertz CT molecular complexity index is 926. The maximum atomic E-state index is 12.9. The van der Waals surface area contributed by atoms with Crippen LogP contribution >= 0.6 is 0 Å². The van der Waals surface area contributed by atoms with Crippen LogP contribution in [0.4, 0.5) is 0 Å². The number of carbonyl (C=O) groups excluding carboxylic acids is 3. The summed E-state index contributed by atoms with van der Waals surface area (Å²) in [6, 6.07) is 15.5. The van der Waals surface area contributed by atoms with Crippen molar-refractivity contribution >= 4 is 23.6 Å². The molecule has 1 unspecified atom stereocenters. The molecule has 1 aliphatic heterocycles. The van der Waals surface area contributed by atoms with Gasteiger partial charge in [0.05, 0.1) is 0 Å². The number of ketones is 1. The summed E-state index contributed by atoms with van der Waals surface area (Å²) in [5, 5.41) is 11.2. The fraction of sp³-hybridized carbons (Fsp3) is 0.273. The Morgan fingerprint density at radius 2 is 1.59 bits per heavy atom. The Morgan fingerprint density at radius 1 is 0.931 bits per heavy atom. The van der Waals surface area contributed by atoms with Gasteiger partial charge in [-0.25, -0.2) is 0 Å². The molecule has 150 valence electrons. The van der Waals surface area contributed by atoms with Gasteiger partial charge in [0.25, 0.3) is 0 Å². The van der Waals surface area contributed by atoms with Gasteiger partial charge in [-0.3, -0.25) is 19.2 Å². The van der Waals surface area contributed by atoms with Crippen LogP contribution in [-0.4, -0.2) is 46.2 Å². The second-order valence-electron chi connectivity index (χ2n) is 6.91. The molecule has 2 amide bonds. The highest BCUT2D eigenvalue weighted by Gasteiger charge is 2.34. The zero-order valence-corrected chi connectivity index (χ0v) is 15.8. The summed E-state index contributed by atoms with van der Waals surface area (Å²) in [6.07, 6.45) is 0.336. The second-order valence-corrected chi connectivity index (χ2v) is 6.91. The fourth-order valence-corrected chi connectivity index (χ4v) is 3.43. The van der Waals surface area contributed by atoms with Gasteiger partial charge in [0, 0.05) is 31.4 Å². The zero-order chi connectivity index (χ0) is 20.8. The molecule has 0 saturated carbocycles. The Labute approximate surface area is 168 Å². The van der Waals surface area contributed by atoms with E-state index in [1.807, 2.05) is 30.3 Å². The first-order valence-corrected chi connectivity index (χ1v) is 9.39. The molecule has 29 heavy (non-hydrogen) atoms. The van der Waals surface area contributed by atoms with Crippen molar-refractivity contribution in [2.45, 2.75) is 31.8 Å². The van der Waals surface area contributed by atoms with Crippen LogP contribution in [0.15, 0.2) is 54.6 Å². The average molecular weight is 394 g/mol. The lowest BCUT2D eigenvalue weighted by atomic mass is 9.93. The number of fused-ring (bicyclic) bond motifs is 1. The molecule has 0 aliphatic carbocycles. The standard InChI is InChI=1S/C22H22N2O5/c25-19(15-6-2-1-3-7-15)10-11-20(26)24-14-17-9-5-4-8-16(17)12-18(24)22(29)23-13-21(27)28/h1-9,18H,10-14H2,(H,23,29)(H,27,28). The fourth-order valence-electron chi connectivity index (χ4n) is 3.43. The van der Waals surface area contributed by atoms with Crippen molar-refractivity contribution in [3.63, 3.8) is 0 Å². The summed E-state index contributed by atoms with van der Waals surface area (Å²) < 4.78 is 0. The summed E-state index contributed by atoms with van der Waals surface area (Å²) in [6.45, 7) is -0.259. The number of hydrogen-bond donors (Lipinski definition) is 2. The molecule has 0 spiro atoms. The van der Waals surface area contributed by atoms with E-state index < -0.39 is 24.5 Å². The highest BCUT2D eigenvalue weighted by Crippen LogP contribution is 2.24. The van der Waals surface area contributed by atoms with E-state index in [0.29, 0.717) is 12.0 Å². The number of carboxylic acid groups (broad SMARTS) is 1. The molecule has 3 rings (SSSR count). The number of nitrogens with zero attached hydrogens (tertiary/aromatic N) is 1. The molecule has 0 aromatic heterocycles. The first-order chi connectivity index (χ1) is 14.0. The van der Waals surface area contributed by atoms with Gasteiger partial charge in [-0.05, 0) is 11.1 Å². The first kappa shape index (κ1) is 20.3. The van der Waals surface area contributed by atoms with Crippen LogP contribution in [0.3, 0.4) is 0 Å². The number of rotatable bonds is 7. The number of carbonyl (C=O) groups is 4. The summed E-state index contributed by atoms with van der Waals surface area (Å²) in [5.41, 5.74) is 2.44. The van der Waals surface area contributed by atoms with Crippen LogP contribution in [0, 0.1) is 0 Å². The van der Waals surface area contributed by atoms with Crippen LogP contribution < -0.4 is 5.32 Å². The molecular formula is C22H22N2O5. The molecule has 2 N–H and O–H groups in total. The van der Waals surface area contributed by atoms with Crippen LogP contribution in [0.2, 0.25) is 0 Å². The summed E-state index contributed by atoms with van der Waals surface area (Å²) in [5.74, 6) is -2.10. The minimum atomic E-state index is -1.15. The van der Waals surface area contributed by atoms with Crippen LogP contribution in [0.25, 0.3) is 0 Å². The molecule has 0 radical (unpaired) electrons. The van der Waals surface area contributed by atoms with Crippen molar-refractivity contribution in [2.24, 2.45) is 0 Å². The van der Waals surface area contributed by atoms with Gasteiger partial charge in [-0.1, -0.05) is 54.6 Å². The molecule has 7 nitrogen and oxygen atoms in total. The number of amides is 2. The van der Waals surface area contributed by atoms with Gasteiger partial charge in [0.2, 0.25) is 11.8 Å². The quantitative estimate of drug-likeness (QED) is 0.697. The van der Waals surface area contributed by atoms with Crippen molar-refractivity contribution in [3.8, 4) is 0 Å². The van der Waals surface area contributed by atoms with E-state index in [0.717, 1.165) is 11.1 Å². The first-order valence-electron chi connectivity index (χ1n) is 9.39. The Hall–Kier alpha value is -3.48. The van der Waals surface area contributed by atoms with E-state index in [1.54, 1.807) is 24.3 Å². The second kappa shape index (κ2) is 9.14. The van der Waals surface area contributed by atoms with Crippen molar-refractivity contribution in [1.29, 1.82) is 0 Å². The molecule has 0 fully saturated rings. The minimum Gasteiger partial charge on any atom is -0.480 e. The van der Waals surface area contributed by atoms with E-state index in [-0.39, 0.29) is 31.1 Å². The van der Waals surface area contributed by atoms with Crippen LogP contribution in [-0.2, 0) is 27.3 Å². The van der Waals surface area contributed by atoms with E-state index in [2.05, 4.69) is 5.32 Å². The third-order valence-corrected chi connectivity index (χ3v) is 4.95. The Kier molecular flexibility index (Phi) is 6.39. The monoisotopic (exact) mass is 394 g/mol. The maximum absolute atomic E-state index is 12.9. The van der Waals surface area contributed by atoms with Crippen molar-refractivity contribution in [3.05, 3.63) is 71.3 Å². The largest absolute Gasteiger partial charge is 0.480 e.